The molecule has 4 aliphatic carbocycles. The first-order chi connectivity index (χ1) is 16.5. The van der Waals surface area contributed by atoms with Crippen molar-refractivity contribution in [1.29, 1.82) is 0 Å². The fraction of sp³-hybridized carbons (Fsp3) is 0.906. The van der Waals surface area contributed by atoms with Crippen LogP contribution < -0.4 is 0 Å². The Morgan fingerprint density at radius 3 is 2.22 bits per heavy atom. The number of carbonyl (C=O) groups is 1. The Morgan fingerprint density at radius 1 is 0.972 bits per heavy atom. The number of carbonyl (C=O) groups excluding carboxylic acids is 1. The lowest BCUT2D eigenvalue weighted by Crippen LogP contribution is -2.67. The van der Waals surface area contributed by atoms with E-state index in [0.717, 1.165) is 57.8 Å². The molecule has 4 rings (SSSR count). The van der Waals surface area contributed by atoms with Crippen molar-refractivity contribution in [2.24, 2.45) is 45.3 Å². The molecular formula is C32H54O4. The molecule has 1 unspecified atom stereocenters. The number of fused-ring (bicyclic) bond motifs is 5. The van der Waals surface area contributed by atoms with Crippen LogP contribution in [0.4, 0.5) is 0 Å². The maximum atomic E-state index is 12.4. The van der Waals surface area contributed by atoms with Crippen LogP contribution in [0.25, 0.3) is 0 Å². The van der Waals surface area contributed by atoms with E-state index >= 15 is 0 Å². The van der Waals surface area contributed by atoms with Gasteiger partial charge >= 0.3 is 5.97 Å². The lowest BCUT2D eigenvalue weighted by molar-refractivity contribution is -0.250. The van der Waals surface area contributed by atoms with E-state index in [2.05, 4.69) is 54.5 Å². The Kier molecular flexibility index (Phi) is 7.12. The summed E-state index contributed by atoms with van der Waals surface area (Å²) < 4.78 is 6.22. The summed E-state index contributed by atoms with van der Waals surface area (Å²) >= 11 is 0. The number of aliphatic hydroxyl groups excluding tert-OH is 1. The second-order valence-electron chi connectivity index (χ2n) is 15.1. The van der Waals surface area contributed by atoms with Crippen LogP contribution in [0.5, 0.6) is 0 Å². The van der Waals surface area contributed by atoms with E-state index in [1.54, 1.807) is 6.92 Å². The molecule has 0 aromatic rings. The molecule has 4 saturated carbocycles. The van der Waals surface area contributed by atoms with Gasteiger partial charge in [-0.2, -0.15) is 0 Å². The fourth-order valence-corrected chi connectivity index (χ4v) is 10.6. The quantitative estimate of drug-likeness (QED) is 0.312. The van der Waals surface area contributed by atoms with Crippen LogP contribution in [0.1, 0.15) is 120 Å². The van der Waals surface area contributed by atoms with Gasteiger partial charge in [0.2, 0.25) is 0 Å². The molecule has 4 aliphatic rings. The van der Waals surface area contributed by atoms with Crippen LogP contribution >= 0.6 is 0 Å². The third kappa shape index (κ3) is 4.12. The Labute approximate surface area is 220 Å². The minimum Gasteiger partial charge on any atom is -0.462 e. The molecule has 0 aromatic heterocycles. The largest absolute Gasteiger partial charge is 0.462 e. The Bertz CT molecular complexity index is 885. The minimum atomic E-state index is -0.784. The summed E-state index contributed by atoms with van der Waals surface area (Å²) in [5.41, 5.74) is 0.659. The molecule has 0 bridgehead atoms. The first-order valence-corrected chi connectivity index (χ1v) is 14.7. The molecule has 4 fully saturated rings. The average molecular weight is 503 g/mol. The van der Waals surface area contributed by atoms with Crippen LogP contribution in [-0.2, 0) is 9.53 Å². The second-order valence-corrected chi connectivity index (χ2v) is 15.1. The van der Waals surface area contributed by atoms with Gasteiger partial charge in [0.15, 0.2) is 0 Å². The number of allylic oxidation sites excluding steroid dienone is 2. The van der Waals surface area contributed by atoms with Crippen molar-refractivity contribution in [3.63, 3.8) is 0 Å². The lowest BCUT2D eigenvalue weighted by atomic mass is 9.35. The van der Waals surface area contributed by atoms with Gasteiger partial charge in [0.25, 0.3) is 0 Å². The van der Waals surface area contributed by atoms with Gasteiger partial charge in [-0.25, -0.2) is 0 Å². The SMILES string of the molecule is CC(=O)O[C@@H]1C[C@@H]2[C@@]3(C)CC[C@H](O)C(C)(C)C3CC[C@@]2(C)[C@@]2(C)CC[C@H]([C@@](C)(O)CCC=C(C)C)[C@@H]12. The summed E-state index contributed by atoms with van der Waals surface area (Å²) in [5, 5.41) is 22.8. The Balaban J connectivity index is 1.74. The van der Waals surface area contributed by atoms with E-state index in [4.69, 9.17) is 4.74 Å². The van der Waals surface area contributed by atoms with Gasteiger partial charge in [0.1, 0.15) is 6.10 Å². The van der Waals surface area contributed by atoms with Gasteiger partial charge in [-0.15, -0.1) is 0 Å². The number of aliphatic hydroxyl groups is 2. The highest BCUT2D eigenvalue weighted by molar-refractivity contribution is 5.66. The molecule has 10 atom stereocenters. The van der Waals surface area contributed by atoms with E-state index in [0.29, 0.717) is 11.8 Å². The normalized spacial score (nSPS) is 47.1. The van der Waals surface area contributed by atoms with Gasteiger partial charge in [-0.1, -0.05) is 46.3 Å². The summed E-state index contributed by atoms with van der Waals surface area (Å²) in [6, 6.07) is 0. The predicted molar refractivity (Wildman–Crippen MR) is 145 cm³/mol. The summed E-state index contributed by atoms with van der Waals surface area (Å²) in [5.74, 6) is 1.01. The van der Waals surface area contributed by atoms with E-state index in [9.17, 15) is 15.0 Å². The number of hydrogen-bond acceptors (Lipinski definition) is 4. The number of ether oxygens (including phenoxy) is 1. The van der Waals surface area contributed by atoms with Crippen molar-refractivity contribution >= 4 is 5.97 Å². The molecule has 4 nitrogen and oxygen atoms in total. The highest BCUT2D eigenvalue weighted by Gasteiger charge is 2.71. The topological polar surface area (TPSA) is 66.8 Å². The Morgan fingerprint density at radius 2 is 1.61 bits per heavy atom. The predicted octanol–water partition coefficient (Wildman–Crippen LogP) is 7.07. The Hall–Kier alpha value is -0.870. The van der Waals surface area contributed by atoms with Gasteiger partial charge in [-0.3, -0.25) is 4.79 Å². The van der Waals surface area contributed by atoms with Gasteiger partial charge in [0.05, 0.1) is 11.7 Å². The molecule has 0 radical (unpaired) electrons. The molecule has 0 spiro atoms. The van der Waals surface area contributed by atoms with Crippen molar-refractivity contribution in [1.82, 2.24) is 0 Å². The maximum absolute atomic E-state index is 12.4. The summed E-state index contributed by atoms with van der Waals surface area (Å²) in [6.07, 6.45) is 10.6. The smallest absolute Gasteiger partial charge is 0.302 e. The fourth-order valence-electron chi connectivity index (χ4n) is 10.6. The zero-order chi connectivity index (χ0) is 26.9. The van der Waals surface area contributed by atoms with E-state index in [1.807, 2.05) is 6.92 Å². The minimum absolute atomic E-state index is 0.00931. The first kappa shape index (κ1) is 28.1. The molecule has 0 saturated heterocycles. The van der Waals surface area contributed by atoms with Crippen molar-refractivity contribution in [2.75, 3.05) is 0 Å². The molecule has 36 heavy (non-hydrogen) atoms. The molecular weight excluding hydrogens is 448 g/mol. The highest BCUT2D eigenvalue weighted by atomic mass is 16.5. The van der Waals surface area contributed by atoms with Crippen LogP contribution in [0.3, 0.4) is 0 Å². The molecule has 0 amide bonds. The lowest BCUT2D eigenvalue weighted by Gasteiger charge is -2.70. The van der Waals surface area contributed by atoms with Crippen molar-refractivity contribution in [2.45, 2.75) is 138 Å². The zero-order valence-corrected chi connectivity index (χ0v) is 24.6. The van der Waals surface area contributed by atoms with E-state index < -0.39 is 5.60 Å². The number of esters is 1. The van der Waals surface area contributed by atoms with E-state index in [1.165, 1.54) is 5.57 Å². The van der Waals surface area contributed by atoms with Gasteiger partial charge in [0, 0.05) is 12.8 Å². The monoisotopic (exact) mass is 502 g/mol. The summed E-state index contributed by atoms with van der Waals surface area (Å²) in [6.45, 7) is 19.9. The average Bonchev–Trinajstić information content (AvgIpc) is 3.12. The number of rotatable bonds is 5. The summed E-state index contributed by atoms with van der Waals surface area (Å²) in [7, 11) is 0. The molecule has 206 valence electrons. The van der Waals surface area contributed by atoms with Gasteiger partial charge in [-0.05, 0) is 118 Å². The van der Waals surface area contributed by atoms with Crippen LogP contribution in [0.2, 0.25) is 0 Å². The van der Waals surface area contributed by atoms with E-state index in [-0.39, 0.29) is 51.7 Å². The second kappa shape index (κ2) is 9.11. The van der Waals surface area contributed by atoms with Gasteiger partial charge < -0.3 is 14.9 Å². The molecule has 0 aliphatic heterocycles. The van der Waals surface area contributed by atoms with Crippen LogP contribution in [0, 0.1) is 45.3 Å². The molecule has 4 heteroatoms. The zero-order valence-electron chi connectivity index (χ0n) is 24.6. The maximum Gasteiger partial charge on any atom is 0.302 e. The molecule has 0 aromatic carbocycles. The summed E-state index contributed by atoms with van der Waals surface area (Å²) in [4.78, 5) is 12.4. The highest BCUT2D eigenvalue weighted by Crippen LogP contribution is 2.76. The first-order valence-electron chi connectivity index (χ1n) is 14.7. The van der Waals surface area contributed by atoms with Crippen molar-refractivity contribution < 1.29 is 19.7 Å². The third-order valence-electron chi connectivity index (χ3n) is 12.7. The van der Waals surface area contributed by atoms with Crippen LogP contribution in [0.15, 0.2) is 11.6 Å². The molecule has 2 N–H and O–H groups in total. The number of hydrogen-bond donors (Lipinski definition) is 2. The van der Waals surface area contributed by atoms with Crippen LogP contribution in [-0.4, -0.2) is 34.0 Å². The third-order valence-corrected chi connectivity index (χ3v) is 12.7. The molecule has 0 heterocycles. The van der Waals surface area contributed by atoms with Crippen molar-refractivity contribution in [3.8, 4) is 0 Å². The standard InChI is InChI=1S/C32H54O4/c1-20(2)11-10-15-32(9,35)22-12-17-31(8)27(22)23(36-21(3)33)19-25-29(6)16-14-26(34)28(4,5)24(29)13-18-30(25,31)7/h11,22-27,34-35H,10,12-19H2,1-9H3/t22-,23+,24?,25+,26-,27-,29-,30+,31-,32-/m0/s1. The van der Waals surface area contributed by atoms with Crippen molar-refractivity contribution in [3.05, 3.63) is 11.6 Å².